The minimum atomic E-state index is -0.800. The molecule has 0 spiro atoms. The number of ketones is 1. The Morgan fingerprint density at radius 1 is 0.929 bits per heavy atom. The van der Waals surface area contributed by atoms with Gasteiger partial charge in [0.15, 0.2) is 0 Å². The summed E-state index contributed by atoms with van der Waals surface area (Å²) < 4.78 is 14.7. The number of nitrogens with one attached hydrogen (secondary N) is 1. The molecule has 6 heteroatoms. The number of nitrogens with zero attached hydrogens (tertiary/aromatic N) is 1. The first-order valence-electron chi connectivity index (χ1n) is 8.50. The Hall–Kier alpha value is -3.44. The molecule has 0 unspecified atom stereocenters. The van der Waals surface area contributed by atoms with Gasteiger partial charge < -0.3 is 9.72 Å². The maximum absolute atomic E-state index is 13.1. The number of fused-ring (bicyclic) bond motifs is 1. The number of carbonyl (C=O) groups excluding carboxylic acids is 2. The van der Waals surface area contributed by atoms with Crippen LogP contribution in [0, 0.1) is 5.82 Å². The molecular formula is C22H14ClFN2O2. The zero-order chi connectivity index (χ0) is 19.7. The van der Waals surface area contributed by atoms with E-state index in [-0.39, 0.29) is 5.69 Å². The van der Waals surface area contributed by atoms with Gasteiger partial charge in [0.05, 0.1) is 0 Å². The number of Topliss-reactive ketones (excluding diaryl/α,β-unsaturated/α-hetero) is 1. The molecule has 2 aromatic carbocycles. The van der Waals surface area contributed by atoms with Gasteiger partial charge >= 0.3 is 0 Å². The fraction of sp³-hybridized carbons (Fsp3) is 0. The zero-order valence-corrected chi connectivity index (χ0v) is 15.3. The van der Waals surface area contributed by atoms with E-state index >= 15 is 0 Å². The Bertz CT molecular complexity index is 1180. The first-order valence-corrected chi connectivity index (χ1v) is 8.88. The monoisotopic (exact) mass is 392 g/mol. The van der Waals surface area contributed by atoms with Gasteiger partial charge in [0.2, 0.25) is 0 Å². The number of amides is 1. The Morgan fingerprint density at radius 3 is 2.36 bits per heavy atom. The average molecular weight is 393 g/mol. The van der Waals surface area contributed by atoms with Gasteiger partial charge in [0.25, 0.3) is 11.7 Å². The first-order chi connectivity index (χ1) is 13.5. The molecule has 28 heavy (non-hydrogen) atoms. The number of hydrogen-bond acceptors (Lipinski definition) is 2. The SMILES string of the molecule is O=C(Nc1ccc(F)cc1)C(=O)c1c(-c2ccc(Cl)cc2)cc2ccccn12. The second kappa shape index (κ2) is 7.29. The van der Waals surface area contributed by atoms with E-state index in [9.17, 15) is 14.0 Å². The van der Waals surface area contributed by atoms with Crippen molar-refractivity contribution < 1.29 is 14.0 Å². The van der Waals surface area contributed by atoms with Crippen LogP contribution in [0.2, 0.25) is 5.02 Å². The Morgan fingerprint density at radius 2 is 1.64 bits per heavy atom. The lowest BCUT2D eigenvalue weighted by Crippen LogP contribution is -2.24. The van der Waals surface area contributed by atoms with E-state index in [1.54, 1.807) is 40.9 Å². The molecule has 2 heterocycles. The predicted molar refractivity (Wildman–Crippen MR) is 107 cm³/mol. The van der Waals surface area contributed by atoms with Gasteiger partial charge in [-0.3, -0.25) is 9.59 Å². The van der Waals surface area contributed by atoms with E-state index in [0.29, 0.717) is 16.3 Å². The smallest absolute Gasteiger partial charge is 0.298 e. The number of aromatic nitrogens is 1. The van der Waals surface area contributed by atoms with Crippen LogP contribution < -0.4 is 5.32 Å². The van der Waals surface area contributed by atoms with Crippen LogP contribution in [0.5, 0.6) is 0 Å². The molecule has 0 radical (unpaired) electrons. The van der Waals surface area contributed by atoms with Crippen molar-refractivity contribution in [2.45, 2.75) is 0 Å². The van der Waals surface area contributed by atoms with Gasteiger partial charge in [-0.15, -0.1) is 0 Å². The van der Waals surface area contributed by atoms with Crippen LogP contribution >= 0.6 is 11.6 Å². The van der Waals surface area contributed by atoms with Crippen molar-refractivity contribution in [1.82, 2.24) is 4.40 Å². The zero-order valence-electron chi connectivity index (χ0n) is 14.5. The minimum absolute atomic E-state index is 0.248. The molecule has 1 N–H and O–H groups in total. The lowest BCUT2D eigenvalue weighted by Gasteiger charge is -2.08. The summed E-state index contributed by atoms with van der Waals surface area (Å²) in [6.45, 7) is 0. The highest BCUT2D eigenvalue weighted by atomic mass is 35.5. The van der Waals surface area contributed by atoms with Gasteiger partial charge in [-0.05, 0) is 60.2 Å². The molecule has 4 rings (SSSR count). The van der Waals surface area contributed by atoms with Crippen LogP contribution in [-0.4, -0.2) is 16.1 Å². The van der Waals surface area contributed by atoms with Crippen LogP contribution in [0.4, 0.5) is 10.1 Å². The predicted octanol–water partition coefficient (Wildman–Crippen LogP) is 5.22. The lowest BCUT2D eigenvalue weighted by molar-refractivity contribution is -0.112. The van der Waals surface area contributed by atoms with E-state index in [4.69, 9.17) is 11.6 Å². The number of benzene rings is 2. The molecule has 4 aromatic rings. The highest BCUT2D eigenvalue weighted by Gasteiger charge is 2.24. The number of hydrogen-bond donors (Lipinski definition) is 1. The average Bonchev–Trinajstić information content (AvgIpc) is 3.09. The Kier molecular flexibility index (Phi) is 4.67. The molecule has 0 saturated heterocycles. The maximum atomic E-state index is 13.1. The number of pyridine rings is 1. The number of halogens is 2. The van der Waals surface area contributed by atoms with Crippen molar-refractivity contribution in [3.05, 3.63) is 95.5 Å². The van der Waals surface area contributed by atoms with Crippen LogP contribution in [0.1, 0.15) is 10.5 Å². The van der Waals surface area contributed by atoms with Crippen molar-refractivity contribution in [2.75, 3.05) is 5.32 Å². The number of rotatable bonds is 4. The normalized spacial score (nSPS) is 10.8. The summed E-state index contributed by atoms with van der Waals surface area (Å²) in [7, 11) is 0. The third kappa shape index (κ3) is 3.40. The summed E-state index contributed by atoms with van der Waals surface area (Å²) in [5.74, 6) is -1.92. The third-order valence-corrected chi connectivity index (χ3v) is 4.61. The fourth-order valence-electron chi connectivity index (χ4n) is 3.03. The van der Waals surface area contributed by atoms with E-state index < -0.39 is 17.5 Å². The minimum Gasteiger partial charge on any atom is -0.319 e. The van der Waals surface area contributed by atoms with Crippen molar-refractivity contribution in [3.63, 3.8) is 0 Å². The molecule has 0 aliphatic carbocycles. The van der Waals surface area contributed by atoms with Crippen LogP contribution in [0.15, 0.2) is 79.0 Å². The van der Waals surface area contributed by atoms with Crippen molar-refractivity contribution in [2.24, 2.45) is 0 Å². The molecule has 1 amide bonds. The van der Waals surface area contributed by atoms with E-state index in [1.165, 1.54) is 24.3 Å². The van der Waals surface area contributed by atoms with Gasteiger partial charge in [0, 0.05) is 28.0 Å². The lowest BCUT2D eigenvalue weighted by atomic mass is 10.0. The summed E-state index contributed by atoms with van der Waals surface area (Å²) in [5, 5.41) is 3.10. The highest BCUT2D eigenvalue weighted by Crippen LogP contribution is 2.29. The Balaban J connectivity index is 1.76. The second-order valence-electron chi connectivity index (χ2n) is 6.20. The van der Waals surface area contributed by atoms with Gasteiger partial charge in [0.1, 0.15) is 11.5 Å². The molecule has 0 bridgehead atoms. The summed E-state index contributed by atoms with van der Waals surface area (Å²) in [6, 6.07) is 19.6. The Labute approximate surface area is 165 Å². The maximum Gasteiger partial charge on any atom is 0.298 e. The third-order valence-electron chi connectivity index (χ3n) is 4.36. The molecule has 0 saturated carbocycles. The van der Waals surface area contributed by atoms with Crippen molar-refractivity contribution in [1.29, 1.82) is 0 Å². The molecule has 0 aliphatic rings. The van der Waals surface area contributed by atoms with Crippen molar-refractivity contribution >= 4 is 34.5 Å². The standard InChI is InChI=1S/C22H14ClFN2O2/c23-15-6-4-14(5-7-15)19-13-18-3-1-2-12-26(18)20(19)21(27)22(28)25-17-10-8-16(24)9-11-17/h1-13H,(H,25,28). The summed E-state index contributed by atoms with van der Waals surface area (Å²) >= 11 is 5.97. The van der Waals surface area contributed by atoms with Crippen LogP contribution in [0.3, 0.4) is 0 Å². The molecule has 2 aromatic heterocycles. The first kappa shape index (κ1) is 17.9. The van der Waals surface area contributed by atoms with E-state index in [0.717, 1.165) is 11.1 Å². The van der Waals surface area contributed by atoms with Gasteiger partial charge in [-0.25, -0.2) is 4.39 Å². The quantitative estimate of drug-likeness (QED) is 0.382. The van der Waals surface area contributed by atoms with Gasteiger partial charge in [-0.1, -0.05) is 29.8 Å². The molecule has 0 fully saturated rings. The van der Waals surface area contributed by atoms with Crippen LogP contribution in [-0.2, 0) is 4.79 Å². The van der Waals surface area contributed by atoms with E-state index in [1.807, 2.05) is 18.2 Å². The molecule has 0 aliphatic heterocycles. The summed E-state index contributed by atoms with van der Waals surface area (Å²) in [4.78, 5) is 25.6. The van der Waals surface area contributed by atoms with E-state index in [2.05, 4.69) is 5.32 Å². The fourth-order valence-corrected chi connectivity index (χ4v) is 3.16. The van der Waals surface area contributed by atoms with Gasteiger partial charge in [-0.2, -0.15) is 0 Å². The molecule has 4 nitrogen and oxygen atoms in total. The van der Waals surface area contributed by atoms with Crippen molar-refractivity contribution in [3.8, 4) is 11.1 Å². The molecular weight excluding hydrogens is 379 g/mol. The molecule has 138 valence electrons. The van der Waals surface area contributed by atoms with Crippen LogP contribution in [0.25, 0.3) is 16.6 Å². The summed E-state index contributed by atoms with van der Waals surface area (Å²) in [5.41, 5.74) is 2.77. The molecule has 0 atom stereocenters. The number of carbonyl (C=O) groups is 2. The largest absolute Gasteiger partial charge is 0.319 e. The summed E-state index contributed by atoms with van der Waals surface area (Å²) in [6.07, 6.45) is 1.73. The number of anilines is 1. The second-order valence-corrected chi connectivity index (χ2v) is 6.64. The topological polar surface area (TPSA) is 50.6 Å². The highest BCUT2D eigenvalue weighted by molar-refractivity contribution is 6.47.